The number of aryl methyl sites for hydroxylation is 1. The Morgan fingerprint density at radius 1 is 1.07 bits per heavy atom. The van der Waals surface area contributed by atoms with Crippen LogP contribution in [0.25, 0.3) is 0 Å². The maximum absolute atomic E-state index is 13.1. The molecular weight excluding hydrogens is 384 g/mol. The zero-order valence-electron chi connectivity index (χ0n) is 17.4. The van der Waals surface area contributed by atoms with Gasteiger partial charge in [-0.15, -0.1) is 0 Å². The number of piperidine rings is 1. The van der Waals surface area contributed by atoms with E-state index in [0.29, 0.717) is 24.7 Å². The fraction of sp³-hybridized carbons (Fsp3) is 0.435. The maximum atomic E-state index is 13.1. The smallest absolute Gasteiger partial charge is 0.246 e. The van der Waals surface area contributed by atoms with Gasteiger partial charge in [-0.05, 0) is 56.7 Å². The standard InChI is InChI=1S/C23H30N2O3S/c1-18-9-11-22(12-10-18)25(29(3,27)28)19(2)23(26)24-15-13-21(14-16-24)17-20-7-5-4-6-8-20/h4-12,19,21H,13-17H2,1-3H3. The zero-order valence-corrected chi connectivity index (χ0v) is 18.2. The van der Waals surface area contributed by atoms with Gasteiger partial charge in [0.1, 0.15) is 6.04 Å². The Hall–Kier alpha value is -2.34. The lowest BCUT2D eigenvalue weighted by Gasteiger charge is -2.36. The predicted octanol–water partition coefficient (Wildman–Crippen LogP) is 3.63. The van der Waals surface area contributed by atoms with Crippen LogP contribution in [-0.2, 0) is 21.2 Å². The largest absolute Gasteiger partial charge is 0.341 e. The molecule has 6 heteroatoms. The third kappa shape index (κ3) is 5.38. The van der Waals surface area contributed by atoms with Crippen molar-refractivity contribution in [1.82, 2.24) is 4.90 Å². The number of carbonyl (C=O) groups is 1. The number of sulfonamides is 1. The van der Waals surface area contributed by atoms with E-state index in [-0.39, 0.29) is 5.91 Å². The fourth-order valence-corrected chi connectivity index (χ4v) is 5.23. The summed E-state index contributed by atoms with van der Waals surface area (Å²) in [6, 6.07) is 16.9. The minimum atomic E-state index is -3.58. The average Bonchev–Trinajstić information content (AvgIpc) is 2.69. The van der Waals surface area contributed by atoms with Crippen molar-refractivity contribution in [2.75, 3.05) is 23.7 Å². The lowest BCUT2D eigenvalue weighted by atomic mass is 9.90. The lowest BCUT2D eigenvalue weighted by Crippen LogP contribution is -2.51. The summed E-state index contributed by atoms with van der Waals surface area (Å²) < 4.78 is 26.2. The normalized spacial score (nSPS) is 16.4. The van der Waals surface area contributed by atoms with E-state index in [1.165, 1.54) is 9.87 Å². The number of carbonyl (C=O) groups excluding carboxylic acids is 1. The monoisotopic (exact) mass is 414 g/mol. The highest BCUT2D eigenvalue weighted by atomic mass is 32.2. The molecule has 3 rings (SSSR count). The molecule has 0 N–H and O–H groups in total. The molecule has 1 amide bonds. The summed E-state index contributed by atoms with van der Waals surface area (Å²) in [5.74, 6) is 0.425. The zero-order chi connectivity index (χ0) is 21.0. The fourth-order valence-electron chi connectivity index (χ4n) is 4.06. The molecule has 0 saturated carbocycles. The van der Waals surface area contributed by atoms with Crippen molar-refractivity contribution in [2.24, 2.45) is 5.92 Å². The number of amides is 1. The number of hydrogen-bond donors (Lipinski definition) is 0. The van der Waals surface area contributed by atoms with Crippen LogP contribution >= 0.6 is 0 Å². The highest BCUT2D eigenvalue weighted by Gasteiger charge is 2.33. The van der Waals surface area contributed by atoms with Crippen LogP contribution in [0.1, 0.15) is 30.9 Å². The van der Waals surface area contributed by atoms with Gasteiger partial charge in [0.2, 0.25) is 15.9 Å². The summed E-state index contributed by atoms with van der Waals surface area (Å²) >= 11 is 0. The Balaban J connectivity index is 1.66. The topological polar surface area (TPSA) is 57.7 Å². The second-order valence-electron chi connectivity index (χ2n) is 8.03. The van der Waals surface area contributed by atoms with Crippen LogP contribution in [0, 0.1) is 12.8 Å². The molecule has 1 heterocycles. The summed E-state index contributed by atoms with van der Waals surface area (Å²) in [6.07, 6.45) is 4.06. The first-order valence-corrected chi connectivity index (χ1v) is 12.0. The third-order valence-electron chi connectivity index (χ3n) is 5.65. The van der Waals surface area contributed by atoms with Gasteiger partial charge in [-0.25, -0.2) is 8.42 Å². The van der Waals surface area contributed by atoms with Crippen molar-refractivity contribution in [3.63, 3.8) is 0 Å². The van der Waals surface area contributed by atoms with Crippen molar-refractivity contribution in [2.45, 2.75) is 39.2 Å². The van der Waals surface area contributed by atoms with E-state index in [4.69, 9.17) is 0 Å². The molecule has 29 heavy (non-hydrogen) atoms. The van der Waals surface area contributed by atoms with E-state index in [1.807, 2.05) is 30.0 Å². The first-order chi connectivity index (χ1) is 13.8. The molecule has 1 saturated heterocycles. The van der Waals surface area contributed by atoms with E-state index in [9.17, 15) is 13.2 Å². The predicted molar refractivity (Wildman–Crippen MR) is 117 cm³/mol. The Bertz CT molecular complexity index is 918. The van der Waals surface area contributed by atoms with Gasteiger partial charge in [-0.3, -0.25) is 9.10 Å². The number of rotatable bonds is 6. The van der Waals surface area contributed by atoms with Crippen molar-refractivity contribution in [3.05, 3.63) is 65.7 Å². The van der Waals surface area contributed by atoms with Crippen LogP contribution < -0.4 is 4.31 Å². The quantitative estimate of drug-likeness (QED) is 0.725. The van der Waals surface area contributed by atoms with Crippen molar-refractivity contribution in [1.29, 1.82) is 0 Å². The van der Waals surface area contributed by atoms with Gasteiger partial charge < -0.3 is 4.90 Å². The summed E-state index contributed by atoms with van der Waals surface area (Å²) in [7, 11) is -3.58. The molecule has 1 fully saturated rings. The molecule has 0 aromatic heterocycles. The third-order valence-corrected chi connectivity index (χ3v) is 6.89. The van der Waals surface area contributed by atoms with Gasteiger partial charge in [0.15, 0.2) is 0 Å². The van der Waals surface area contributed by atoms with Gasteiger partial charge in [0.05, 0.1) is 11.9 Å². The van der Waals surface area contributed by atoms with Crippen LogP contribution in [0.3, 0.4) is 0 Å². The first kappa shape index (κ1) is 21.4. The molecule has 0 bridgehead atoms. The molecule has 0 spiro atoms. The number of benzene rings is 2. The number of anilines is 1. The SMILES string of the molecule is Cc1ccc(N(C(C)C(=O)N2CCC(Cc3ccccc3)CC2)S(C)(=O)=O)cc1. The van der Waals surface area contributed by atoms with Crippen molar-refractivity contribution < 1.29 is 13.2 Å². The molecule has 1 unspecified atom stereocenters. The molecule has 1 aliphatic rings. The Kier molecular flexibility index (Phi) is 6.63. The summed E-state index contributed by atoms with van der Waals surface area (Å²) in [6.45, 7) is 4.97. The summed E-state index contributed by atoms with van der Waals surface area (Å²) in [5, 5.41) is 0. The van der Waals surface area contributed by atoms with Crippen LogP contribution in [0.4, 0.5) is 5.69 Å². The Morgan fingerprint density at radius 2 is 1.66 bits per heavy atom. The Labute approximate surface area is 174 Å². The van der Waals surface area contributed by atoms with Gasteiger partial charge in [0, 0.05) is 13.1 Å². The number of nitrogens with zero attached hydrogens (tertiary/aromatic N) is 2. The molecular formula is C23H30N2O3S. The van der Waals surface area contributed by atoms with Crippen LogP contribution in [0.5, 0.6) is 0 Å². The van der Waals surface area contributed by atoms with Gasteiger partial charge >= 0.3 is 0 Å². The molecule has 5 nitrogen and oxygen atoms in total. The Morgan fingerprint density at radius 3 is 2.21 bits per heavy atom. The van der Waals surface area contributed by atoms with Crippen LogP contribution in [-0.4, -0.2) is 44.6 Å². The summed E-state index contributed by atoms with van der Waals surface area (Å²) in [4.78, 5) is 14.9. The lowest BCUT2D eigenvalue weighted by molar-refractivity contribution is -0.133. The maximum Gasteiger partial charge on any atom is 0.246 e. The van der Waals surface area contributed by atoms with Crippen LogP contribution in [0.2, 0.25) is 0 Å². The van der Waals surface area contributed by atoms with Gasteiger partial charge in [-0.2, -0.15) is 0 Å². The highest BCUT2D eigenvalue weighted by molar-refractivity contribution is 7.92. The van der Waals surface area contributed by atoms with Crippen molar-refractivity contribution >= 4 is 21.6 Å². The van der Waals surface area contributed by atoms with E-state index in [0.717, 1.165) is 31.1 Å². The molecule has 2 aromatic carbocycles. The minimum absolute atomic E-state index is 0.130. The van der Waals surface area contributed by atoms with Gasteiger partial charge in [-0.1, -0.05) is 48.0 Å². The second-order valence-corrected chi connectivity index (χ2v) is 9.89. The van der Waals surface area contributed by atoms with Gasteiger partial charge in [0.25, 0.3) is 0 Å². The molecule has 2 aromatic rings. The van der Waals surface area contributed by atoms with E-state index in [2.05, 4.69) is 24.3 Å². The first-order valence-electron chi connectivity index (χ1n) is 10.1. The number of likely N-dealkylation sites (tertiary alicyclic amines) is 1. The van der Waals surface area contributed by atoms with E-state index in [1.54, 1.807) is 19.1 Å². The van der Waals surface area contributed by atoms with E-state index < -0.39 is 16.1 Å². The van der Waals surface area contributed by atoms with Crippen molar-refractivity contribution in [3.8, 4) is 0 Å². The second kappa shape index (κ2) is 8.99. The molecule has 0 aliphatic carbocycles. The van der Waals surface area contributed by atoms with Crippen LogP contribution in [0.15, 0.2) is 54.6 Å². The molecule has 1 atom stereocenters. The van der Waals surface area contributed by atoms with E-state index >= 15 is 0 Å². The molecule has 0 radical (unpaired) electrons. The average molecular weight is 415 g/mol. The molecule has 1 aliphatic heterocycles. The molecule has 156 valence electrons. The number of hydrogen-bond acceptors (Lipinski definition) is 3. The minimum Gasteiger partial charge on any atom is -0.341 e. The summed E-state index contributed by atoms with van der Waals surface area (Å²) in [5.41, 5.74) is 2.90. The highest BCUT2D eigenvalue weighted by Crippen LogP contribution is 2.25.